The number of nitrogens with zero attached hydrogens (tertiary/aromatic N) is 2. The van der Waals surface area contributed by atoms with E-state index < -0.39 is 16.4 Å². The lowest BCUT2D eigenvalue weighted by Gasteiger charge is -2.23. The molecule has 1 heterocycles. The molecule has 0 aliphatic heterocycles. The van der Waals surface area contributed by atoms with Gasteiger partial charge in [0.1, 0.15) is 12.4 Å². The molecule has 0 spiro atoms. The van der Waals surface area contributed by atoms with E-state index in [0.717, 1.165) is 28.4 Å². The molecule has 0 radical (unpaired) electrons. The number of anilines is 1. The van der Waals surface area contributed by atoms with Crippen molar-refractivity contribution in [2.24, 2.45) is 4.36 Å². The fourth-order valence-electron chi connectivity index (χ4n) is 2.80. The Morgan fingerprint density at radius 2 is 1.79 bits per heavy atom. The van der Waals surface area contributed by atoms with Crippen LogP contribution in [0, 0.1) is 0 Å². The molecule has 0 aliphatic carbocycles. The molecular weight excluding hydrogens is 408 g/mol. The third-order valence-corrected chi connectivity index (χ3v) is 5.50. The number of benzene rings is 2. The second-order valence-electron chi connectivity index (χ2n) is 6.16. The Balaban J connectivity index is 1.70. The lowest BCUT2D eigenvalue weighted by Crippen LogP contribution is -2.21. The maximum atomic E-state index is 11.7. The average Bonchev–Trinajstić information content (AvgIpc) is 3.18. The van der Waals surface area contributed by atoms with E-state index in [2.05, 4.69) is 9.26 Å². The molecule has 1 amide bonds. The van der Waals surface area contributed by atoms with Gasteiger partial charge >= 0.3 is 10.5 Å². The minimum absolute atomic E-state index is 0.233. The van der Waals surface area contributed by atoms with Crippen molar-refractivity contribution < 1.29 is 17.9 Å². The first-order valence-corrected chi connectivity index (χ1v) is 10.9. The Bertz CT molecular complexity index is 1080. The van der Waals surface area contributed by atoms with Crippen molar-refractivity contribution in [2.75, 3.05) is 11.4 Å². The number of thiophene rings is 1. The molecular formula is C21H20N2O4S2. The number of rotatable bonds is 8. The first-order chi connectivity index (χ1) is 14.1. The SMILES string of the molecule is CCN(Cc1sccc1OCc1ccccc1)c1ccc(C(=O)N=S(=O)=O)cc1. The van der Waals surface area contributed by atoms with Crippen LogP contribution in [0.5, 0.6) is 5.75 Å². The molecule has 150 valence electrons. The minimum Gasteiger partial charge on any atom is -0.488 e. The Morgan fingerprint density at radius 3 is 2.45 bits per heavy atom. The van der Waals surface area contributed by atoms with E-state index in [4.69, 9.17) is 4.74 Å². The summed E-state index contributed by atoms with van der Waals surface area (Å²) in [5, 5.41) is 2.01. The first kappa shape index (κ1) is 20.8. The van der Waals surface area contributed by atoms with Gasteiger partial charge in [-0.2, -0.15) is 8.42 Å². The summed E-state index contributed by atoms with van der Waals surface area (Å²) in [6, 6.07) is 18.7. The van der Waals surface area contributed by atoms with Crippen molar-refractivity contribution in [1.82, 2.24) is 0 Å². The summed E-state index contributed by atoms with van der Waals surface area (Å²) >= 11 is 1.63. The van der Waals surface area contributed by atoms with Crippen LogP contribution in [0.1, 0.15) is 27.7 Å². The smallest absolute Gasteiger partial charge is 0.319 e. The summed E-state index contributed by atoms with van der Waals surface area (Å²) in [6.45, 7) is 3.99. The molecule has 2 aromatic carbocycles. The van der Waals surface area contributed by atoms with Gasteiger partial charge in [-0.15, -0.1) is 11.3 Å². The van der Waals surface area contributed by atoms with Crippen molar-refractivity contribution in [1.29, 1.82) is 0 Å². The van der Waals surface area contributed by atoms with Crippen molar-refractivity contribution >= 4 is 33.4 Å². The fourth-order valence-corrected chi connectivity index (χ4v) is 3.87. The van der Waals surface area contributed by atoms with Crippen molar-refractivity contribution in [2.45, 2.75) is 20.1 Å². The third-order valence-electron chi connectivity index (χ3n) is 4.29. The van der Waals surface area contributed by atoms with Gasteiger partial charge in [0.05, 0.1) is 11.4 Å². The first-order valence-electron chi connectivity index (χ1n) is 9.00. The number of amides is 1. The average molecular weight is 429 g/mol. The quantitative estimate of drug-likeness (QED) is 0.526. The molecule has 6 nitrogen and oxygen atoms in total. The molecule has 3 aromatic rings. The van der Waals surface area contributed by atoms with Gasteiger partial charge in [0.15, 0.2) is 0 Å². The highest BCUT2D eigenvalue weighted by Gasteiger charge is 2.13. The monoisotopic (exact) mass is 428 g/mol. The third kappa shape index (κ3) is 5.75. The largest absolute Gasteiger partial charge is 0.488 e. The van der Waals surface area contributed by atoms with Crippen LogP contribution in [0.4, 0.5) is 5.69 Å². The molecule has 0 unspecified atom stereocenters. The Hall–Kier alpha value is -2.97. The number of ether oxygens (including phenoxy) is 1. The minimum atomic E-state index is -2.75. The van der Waals surface area contributed by atoms with Crippen LogP contribution in [0.2, 0.25) is 0 Å². The summed E-state index contributed by atoms with van der Waals surface area (Å²) in [7, 11) is -2.75. The van der Waals surface area contributed by atoms with Crippen LogP contribution in [0.3, 0.4) is 0 Å². The number of carbonyl (C=O) groups is 1. The topological polar surface area (TPSA) is 76.0 Å². The van der Waals surface area contributed by atoms with E-state index in [1.807, 2.05) is 48.7 Å². The zero-order chi connectivity index (χ0) is 20.6. The standard InChI is InChI=1S/C21H20N2O4S2/c1-2-23(18-10-8-17(9-11-18)21(24)22-29(25)26)14-20-19(12-13-28-20)27-15-16-6-4-3-5-7-16/h3-13H,2,14-15H2,1H3. The molecule has 0 saturated carbocycles. The predicted octanol–water partition coefficient (Wildman–Crippen LogP) is 4.56. The van der Waals surface area contributed by atoms with Crippen LogP contribution in [-0.2, 0) is 23.7 Å². The normalized spacial score (nSPS) is 10.4. The zero-order valence-electron chi connectivity index (χ0n) is 15.8. The highest BCUT2D eigenvalue weighted by Crippen LogP contribution is 2.29. The van der Waals surface area contributed by atoms with E-state index in [9.17, 15) is 13.2 Å². The fraction of sp³-hybridized carbons (Fsp3) is 0.190. The van der Waals surface area contributed by atoms with Gasteiger partial charge in [0.2, 0.25) is 0 Å². The van der Waals surface area contributed by atoms with Crippen LogP contribution < -0.4 is 9.64 Å². The molecule has 0 N–H and O–H groups in total. The van der Waals surface area contributed by atoms with Crippen LogP contribution >= 0.6 is 11.3 Å². The zero-order valence-corrected chi connectivity index (χ0v) is 17.4. The Morgan fingerprint density at radius 1 is 1.07 bits per heavy atom. The molecule has 29 heavy (non-hydrogen) atoms. The lowest BCUT2D eigenvalue weighted by molar-refractivity contribution is 0.100. The van der Waals surface area contributed by atoms with E-state index in [1.54, 1.807) is 35.6 Å². The summed E-state index contributed by atoms with van der Waals surface area (Å²) in [4.78, 5) is 15.0. The number of hydrogen-bond donors (Lipinski definition) is 0. The van der Waals surface area contributed by atoms with Gasteiger partial charge < -0.3 is 9.64 Å². The molecule has 0 aliphatic rings. The van der Waals surface area contributed by atoms with Gasteiger partial charge in [0.25, 0.3) is 5.91 Å². The number of carbonyl (C=O) groups excluding carboxylic acids is 1. The molecule has 8 heteroatoms. The van der Waals surface area contributed by atoms with Crippen molar-refractivity contribution in [3.8, 4) is 5.75 Å². The van der Waals surface area contributed by atoms with Crippen molar-refractivity contribution in [3.63, 3.8) is 0 Å². The summed E-state index contributed by atoms with van der Waals surface area (Å²) in [5.74, 6) is 0.0867. The summed E-state index contributed by atoms with van der Waals surface area (Å²) in [6.07, 6.45) is 0. The van der Waals surface area contributed by atoms with E-state index in [-0.39, 0.29) is 5.56 Å². The van der Waals surface area contributed by atoms with E-state index in [1.165, 1.54) is 0 Å². The van der Waals surface area contributed by atoms with Crippen molar-refractivity contribution in [3.05, 3.63) is 82.0 Å². The summed E-state index contributed by atoms with van der Waals surface area (Å²) in [5.41, 5.74) is 2.27. The predicted molar refractivity (Wildman–Crippen MR) is 114 cm³/mol. The lowest BCUT2D eigenvalue weighted by atomic mass is 10.2. The van der Waals surface area contributed by atoms with Gasteiger partial charge in [-0.1, -0.05) is 34.7 Å². The Labute approximate surface area is 175 Å². The van der Waals surface area contributed by atoms with Gasteiger partial charge in [0, 0.05) is 17.8 Å². The molecule has 0 bridgehead atoms. The molecule has 0 saturated heterocycles. The maximum Gasteiger partial charge on any atom is 0.319 e. The van der Waals surface area contributed by atoms with Crippen LogP contribution in [0.25, 0.3) is 0 Å². The second-order valence-corrected chi connectivity index (χ2v) is 7.77. The molecule has 3 rings (SSSR count). The molecule has 0 fully saturated rings. The number of hydrogen-bond acceptors (Lipinski definition) is 6. The highest BCUT2D eigenvalue weighted by atomic mass is 32.2. The van der Waals surface area contributed by atoms with E-state index >= 15 is 0 Å². The highest BCUT2D eigenvalue weighted by molar-refractivity contribution is 7.62. The molecule has 0 atom stereocenters. The van der Waals surface area contributed by atoms with Crippen LogP contribution in [0.15, 0.2) is 70.4 Å². The van der Waals surface area contributed by atoms with Crippen LogP contribution in [-0.4, -0.2) is 20.9 Å². The summed E-state index contributed by atoms with van der Waals surface area (Å²) < 4.78 is 30.1. The Kier molecular flexibility index (Phi) is 7.15. The maximum absolute atomic E-state index is 11.7. The van der Waals surface area contributed by atoms with Gasteiger partial charge in [-0.05, 0) is 48.2 Å². The van der Waals surface area contributed by atoms with Gasteiger partial charge in [-0.25, -0.2) is 0 Å². The van der Waals surface area contributed by atoms with E-state index in [0.29, 0.717) is 13.2 Å². The second kappa shape index (κ2) is 9.99. The molecule has 1 aromatic heterocycles. The van der Waals surface area contributed by atoms with Gasteiger partial charge in [-0.3, -0.25) is 4.79 Å².